The molecule has 2 aliphatic rings. The van der Waals surface area contributed by atoms with Crippen molar-refractivity contribution >= 4 is 27.8 Å². The number of likely N-dealkylation sites (tertiary alicyclic amines) is 1. The summed E-state index contributed by atoms with van der Waals surface area (Å²) in [5.74, 6) is -1.50. The lowest BCUT2D eigenvalue weighted by Gasteiger charge is -2.37. The summed E-state index contributed by atoms with van der Waals surface area (Å²) in [4.78, 5) is 38.3. The van der Waals surface area contributed by atoms with Crippen molar-refractivity contribution < 1.29 is 32.3 Å². The van der Waals surface area contributed by atoms with E-state index < -0.39 is 39.6 Å². The minimum Gasteiger partial charge on any atom is -0.467 e. The van der Waals surface area contributed by atoms with Crippen molar-refractivity contribution in [2.24, 2.45) is 0 Å². The van der Waals surface area contributed by atoms with Crippen LogP contribution < -0.4 is 0 Å². The van der Waals surface area contributed by atoms with E-state index in [1.165, 1.54) is 16.9 Å². The fraction of sp³-hybridized carbons (Fsp3) is 0.769. The molecular weight excluding hydrogens is 328 g/mol. The number of rotatable bonds is 4. The first-order valence-corrected chi connectivity index (χ1v) is 9.27. The number of esters is 1. The van der Waals surface area contributed by atoms with E-state index in [2.05, 4.69) is 4.74 Å². The SMILES string of the molecule is COC(=O)[C@H]1COC(=O)N1C1CCN(C(=O)CS(C)(=O)=O)CC1. The molecule has 0 spiro atoms. The quantitative estimate of drug-likeness (QED) is 0.600. The molecule has 2 amide bonds. The molecule has 2 fully saturated rings. The predicted octanol–water partition coefficient (Wildman–Crippen LogP) is -0.984. The molecule has 0 saturated carbocycles. The molecule has 9 nitrogen and oxygen atoms in total. The van der Waals surface area contributed by atoms with E-state index in [9.17, 15) is 22.8 Å². The lowest BCUT2D eigenvalue weighted by Crippen LogP contribution is -2.52. The lowest BCUT2D eigenvalue weighted by atomic mass is 10.0. The highest BCUT2D eigenvalue weighted by molar-refractivity contribution is 7.91. The molecule has 0 unspecified atom stereocenters. The van der Waals surface area contributed by atoms with Gasteiger partial charge in [-0.05, 0) is 12.8 Å². The minimum atomic E-state index is -3.37. The van der Waals surface area contributed by atoms with Crippen molar-refractivity contribution in [2.45, 2.75) is 24.9 Å². The summed E-state index contributed by atoms with van der Waals surface area (Å²) in [7, 11) is -2.13. The van der Waals surface area contributed by atoms with E-state index in [0.29, 0.717) is 25.9 Å². The Morgan fingerprint density at radius 3 is 2.43 bits per heavy atom. The third-order valence-corrected chi connectivity index (χ3v) is 4.75. The van der Waals surface area contributed by atoms with Gasteiger partial charge in [0.1, 0.15) is 12.4 Å². The molecule has 2 rings (SSSR count). The molecule has 0 aromatic rings. The first kappa shape index (κ1) is 17.5. The number of carbonyl (C=O) groups is 3. The van der Waals surface area contributed by atoms with E-state index in [4.69, 9.17) is 4.74 Å². The summed E-state index contributed by atoms with van der Waals surface area (Å²) >= 11 is 0. The van der Waals surface area contributed by atoms with Crippen LogP contribution in [0.3, 0.4) is 0 Å². The van der Waals surface area contributed by atoms with Gasteiger partial charge in [-0.25, -0.2) is 18.0 Å². The molecule has 1 atom stereocenters. The van der Waals surface area contributed by atoms with Gasteiger partial charge in [-0.2, -0.15) is 0 Å². The van der Waals surface area contributed by atoms with Crippen molar-refractivity contribution in [1.29, 1.82) is 0 Å². The van der Waals surface area contributed by atoms with Crippen LogP contribution in [0.4, 0.5) is 4.79 Å². The third kappa shape index (κ3) is 4.12. The van der Waals surface area contributed by atoms with Gasteiger partial charge in [-0.3, -0.25) is 9.69 Å². The van der Waals surface area contributed by atoms with Crippen molar-refractivity contribution in [3.63, 3.8) is 0 Å². The zero-order valence-electron chi connectivity index (χ0n) is 13.1. The molecule has 10 heteroatoms. The number of piperidine rings is 1. The molecule has 0 bridgehead atoms. The highest BCUT2D eigenvalue weighted by Crippen LogP contribution is 2.24. The van der Waals surface area contributed by atoms with Crippen molar-refractivity contribution in [3.8, 4) is 0 Å². The number of carbonyl (C=O) groups excluding carboxylic acids is 3. The van der Waals surface area contributed by atoms with Gasteiger partial charge >= 0.3 is 12.1 Å². The van der Waals surface area contributed by atoms with Gasteiger partial charge in [0.2, 0.25) is 5.91 Å². The van der Waals surface area contributed by atoms with Crippen molar-refractivity contribution in [3.05, 3.63) is 0 Å². The summed E-state index contributed by atoms with van der Waals surface area (Å²) in [5, 5.41) is 0. The maximum absolute atomic E-state index is 11.9. The molecule has 130 valence electrons. The topological polar surface area (TPSA) is 110 Å². The normalized spacial score (nSPS) is 22.9. The fourth-order valence-electron chi connectivity index (χ4n) is 2.86. The summed E-state index contributed by atoms with van der Waals surface area (Å²) in [6.07, 6.45) is 1.36. The molecule has 0 aromatic heterocycles. The van der Waals surface area contributed by atoms with Crippen LogP contribution in [0.5, 0.6) is 0 Å². The molecule has 0 radical (unpaired) electrons. The molecule has 2 saturated heterocycles. The van der Waals surface area contributed by atoms with Crippen LogP contribution in [-0.2, 0) is 28.9 Å². The highest BCUT2D eigenvalue weighted by atomic mass is 32.2. The number of amides is 2. The third-order valence-electron chi connectivity index (χ3n) is 3.98. The van der Waals surface area contributed by atoms with Crippen LogP contribution in [-0.4, -0.2) is 87.1 Å². The number of methoxy groups -OCH3 is 1. The summed E-state index contributed by atoms with van der Waals surface area (Å²) < 4.78 is 32.0. The van der Waals surface area contributed by atoms with Gasteiger partial charge < -0.3 is 14.4 Å². The van der Waals surface area contributed by atoms with Gasteiger partial charge in [0.15, 0.2) is 15.9 Å². The number of ether oxygens (including phenoxy) is 2. The Morgan fingerprint density at radius 1 is 1.30 bits per heavy atom. The number of cyclic esters (lactones) is 1. The Bertz CT molecular complexity index is 595. The van der Waals surface area contributed by atoms with Gasteiger partial charge in [-0.1, -0.05) is 0 Å². The van der Waals surface area contributed by atoms with Crippen LogP contribution in [0.25, 0.3) is 0 Å². The van der Waals surface area contributed by atoms with E-state index >= 15 is 0 Å². The number of sulfone groups is 1. The highest BCUT2D eigenvalue weighted by Gasteiger charge is 2.44. The Kier molecular flexibility index (Phi) is 5.12. The smallest absolute Gasteiger partial charge is 0.410 e. The molecule has 0 aromatic carbocycles. The standard InChI is InChI=1S/C13H20N2O7S/c1-21-12(17)10-7-22-13(18)15(10)9-3-5-14(6-4-9)11(16)8-23(2,19)20/h9-10H,3-8H2,1-2H3/t10-/m1/s1. The Labute approximate surface area is 134 Å². The summed E-state index contributed by atoms with van der Waals surface area (Å²) in [5.41, 5.74) is 0. The van der Waals surface area contributed by atoms with Crippen LogP contribution in [0.15, 0.2) is 0 Å². The monoisotopic (exact) mass is 348 g/mol. The zero-order chi connectivity index (χ0) is 17.2. The number of nitrogens with zero attached hydrogens (tertiary/aromatic N) is 2. The van der Waals surface area contributed by atoms with Crippen molar-refractivity contribution in [1.82, 2.24) is 9.80 Å². The van der Waals surface area contributed by atoms with Gasteiger partial charge in [0, 0.05) is 25.4 Å². The molecule has 2 aliphatic heterocycles. The van der Waals surface area contributed by atoms with E-state index in [1.54, 1.807) is 0 Å². The second-order valence-electron chi connectivity index (χ2n) is 5.71. The molecule has 23 heavy (non-hydrogen) atoms. The average molecular weight is 348 g/mol. The number of hydrogen-bond acceptors (Lipinski definition) is 7. The average Bonchev–Trinajstić information content (AvgIpc) is 2.86. The van der Waals surface area contributed by atoms with Gasteiger partial charge in [-0.15, -0.1) is 0 Å². The zero-order valence-corrected chi connectivity index (χ0v) is 13.9. The predicted molar refractivity (Wildman–Crippen MR) is 78.3 cm³/mol. The number of hydrogen-bond donors (Lipinski definition) is 0. The first-order valence-electron chi connectivity index (χ1n) is 7.21. The fourth-order valence-corrected chi connectivity index (χ4v) is 3.49. The molecule has 2 heterocycles. The van der Waals surface area contributed by atoms with Crippen LogP contribution in [0.1, 0.15) is 12.8 Å². The maximum Gasteiger partial charge on any atom is 0.410 e. The Balaban J connectivity index is 1.97. The maximum atomic E-state index is 11.9. The van der Waals surface area contributed by atoms with E-state index in [-0.39, 0.29) is 12.6 Å². The van der Waals surface area contributed by atoms with Crippen LogP contribution in [0, 0.1) is 0 Å². The largest absolute Gasteiger partial charge is 0.467 e. The van der Waals surface area contributed by atoms with Crippen LogP contribution in [0.2, 0.25) is 0 Å². The molecule has 0 N–H and O–H groups in total. The minimum absolute atomic E-state index is 0.0429. The lowest BCUT2D eigenvalue weighted by molar-refractivity contribution is -0.146. The summed E-state index contributed by atoms with van der Waals surface area (Å²) in [6, 6.07) is -1.01. The van der Waals surface area contributed by atoms with E-state index in [1.807, 2.05) is 0 Å². The van der Waals surface area contributed by atoms with Crippen LogP contribution >= 0.6 is 0 Å². The Hall–Kier alpha value is -1.84. The Morgan fingerprint density at radius 2 is 1.91 bits per heavy atom. The van der Waals surface area contributed by atoms with Gasteiger partial charge in [0.25, 0.3) is 0 Å². The first-order chi connectivity index (χ1) is 10.7. The van der Waals surface area contributed by atoms with Gasteiger partial charge in [0.05, 0.1) is 7.11 Å². The second-order valence-corrected chi connectivity index (χ2v) is 7.85. The van der Waals surface area contributed by atoms with Crippen molar-refractivity contribution in [2.75, 3.05) is 38.8 Å². The second kappa shape index (κ2) is 6.73. The molecule has 0 aliphatic carbocycles. The van der Waals surface area contributed by atoms with E-state index in [0.717, 1.165) is 6.26 Å². The summed E-state index contributed by atoms with van der Waals surface area (Å²) in [6.45, 7) is 0.617. The molecular formula is C13H20N2O7S.